The van der Waals surface area contributed by atoms with Crippen molar-refractivity contribution in [1.29, 1.82) is 0 Å². The molecule has 4 heteroatoms. The average molecular weight is 239 g/mol. The number of esters is 1. The number of ether oxygens (including phenoxy) is 1. The minimum Gasteiger partial charge on any atom is -0.464 e. The van der Waals surface area contributed by atoms with Crippen molar-refractivity contribution in [2.75, 3.05) is 13.2 Å². The zero-order valence-corrected chi connectivity index (χ0v) is 10.0. The fraction of sp³-hybridized carbons (Fsp3) is 0.462. The summed E-state index contributed by atoms with van der Waals surface area (Å²) >= 11 is 0. The second-order valence-electron chi connectivity index (χ2n) is 3.74. The third-order valence-electron chi connectivity index (χ3n) is 2.27. The second kappa shape index (κ2) is 7.79. The van der Waals surface area contributed by atoms with Crippen molar-refractivity contribution in [3.8, 4) is 0 Å². The molecule has 0 heterocycles. The Kier molecular flexibility index (Phi) is 6.25. The molecule has 1 rings (SSSR count). The van der Waals surface area contributed by atoms with Gasteiger partial charge in [0.2, 0.25) is 0 Å². The van der Waals surface area contributed by atoms with Crippen molar-refractivity contribution in [2.24, 2.45) is 0 Å². The van der Waals surface area contributed by atoms with Crippen LogP contribution in [0.3, 0.4) is 0 Å². The first-order chi connectivity index (χ1) is 8.24. The van der Waals surface area contributed by atoms with E-state index in [0.29, 0.717) is 31.7 Å². The molecule has 0 spiro atoms. The summed E-state index contributed by atoms with van der Waals surface area (Å²) in [4.78, 5) is 11.0. The van der Waals surface area contributed by atoms with Crippen LogP contribution in [0.25, 0.3) is 0 Å². The van der Waals surface area contributed by atoms with Gasteiger partial charge >= 0.3 is 5.97 Å². The Morgan fingerprint density at radius 1 is 1.41 bits per heavy atom. The van der Waals surface area contributed by atoms with Crippen molar-refractivity contribution in [2.45, 2.75) is 26.3 Å². The summed E-state index contributed by atoms with van der Waals surface area (Å²) in [5.74, 6) is -0.400. The van der Waals surface area contributed by atoms with Crippen molar-refractivity contribution in [3.63, 3.8) is 0 Å². The van der Waals surface area contributed by atoms with Gasteiger partial charge in [0.15, 0.2) is 0 Å². The largest absolute Gasteiger partial charge is 0.464 e. The highest BCUT2D eigenvalue weighted by molar-refractivity contribution is 5.69. The maximum atomic E-state index is 13.2. The van der Waals surface area contributed by atoms with E-state index in [1.807, 2.05) is 6.92 Å². The van der Waals surface area contributed by atoms with Crippen LogP contribution < -0.4 is 5.32 Å². The normalized spacial score (nSPS) is 10.2. The van der Waals surface area contributed by atoms with E-state index in [0.717, 1.165) is 6.42 Å². The van der Waals surface area contributed by atoms with Gasteiger partial charge in [0, 0.05) is 25.1 Å². The lowest BCUT2D eigenvalue weighted by molar-refractivity contribution is -0.143. The van der Waals surface area contributed by atoms with Crippen molar-refractivity contribution in [3.05, 3.63) is 35.6 Å². The quantitative estimate of drug-likeness (QED) is 0.586. The van der Waals surface area contributed by atoms with Crippen LogP contribution in [0.5, 0.6) is 0 Å². The standard InChI is InChI=1S/C13H18FNO2/c1-2-5-13(16)17-9-8-15-10-11-6-3-4-7-12(11)14/h3-4,6-7,15H,2,5,8-10H2,1H3. The Bertz CT molecular complexity index is 355. The Labute approximate surface area is 101 Å². The fourth-order valence-electron chi connectivity index (χ4n) is 1.38. The van der Waals surface area contributed by atoms with Crippen molar-refractivity contribution < 1.29 is 13.9 Å². The molecule has 1 N–H and O–H groups in total. The van der Waals surface area contributed by atoms with Gasteiger partial charge in [-0.2, -0.15) is 0 Å². The number of rotatable bonds is 7. The summed E-state index contributed by atoms with van der Waals surface area (Å²) in [7, 11) is 0. The van der Waals surface area contributed by atoms with Crippen LogP contribution in [0, 0.1) is 5.82 Å². The molecule has 1 aromatic carbocycles. The molecule has 0 saturated carbocycles. The number of carbonyl (C=O) groups is 1. The van der Waals surface area contributed by atoms with Crippen molar-refractivity contribution >= 4 is 5.97 Å². The molecule has 0 atom stereocenters. The fourth-order valence-corrected chi connectivity index (χ4v) is 1.38. The Morgan fingerprint density at radius 2 is 2.18 bits per heavy atom. The molecule has 1 aromatic rings. The highest BCUT2D eigenvalue weighted by atomic mass is 19.1. The molecule has 0 amide bonds. The van der Waals surface area contributed by atoms with Gasteiger partial charge < -0.3 is 10.1 Å². The first-order valence-electron chi connectivity index (χ1n) is 5.83. The summed E-state index contributed by atoms with van der Waals surface area (Å²) in [5.41, 5.74) is 0.618. The van der Waals surface area contributed by atoms with E-state index >= 15 is 0 Å². The lowest BCUT2D eigenvalue weighted by Crippen LogP contribution is -2.21. The number of hydrogen-bond donors (Lipinski definition) is 1. The summed E-state index contributed by atoms with van der Waals surface area (Å²) in [6, 6.07) is 6.61. The number of nitrogens with one attached hydrogen (secondary N) is 1. The van der Waals surface area contributed by atoms with Gasteiger partial charge in [-0.25, -0.2) is 4.39 Å². The SMILES string of the molecule is CCCC(=O)OCCNCc1ccccc1F. The van der Waals surface area contributed by atoms with Crippen LogP contribution in [0.2, 0.25) is 0 Å². The molecule has 0 bridgehead atoms. The molecule has 0 radical (unpaired) electrons. The highest BCUT2D eigenvalue weighted by Crippen LogP contribution is 2.05. The summed E-state index contributed by atoms with van der Waals surface area (Å²) in [5, 5.41) is 3.02. The molecule has 0 aromatic heterocycles. The van der Waals surface area contributed by atoms with Crippen molar-refractivity contribution in [1.82, 2.24) is 5.32 Å². The number of hydrogen-bond acceptors (Lipinski definition) is 3. The van der Waals surface area contributed by atoms with Gasteiger partial charge in [-0.05, 0) is 12.5 Å². The van der Waals surface area contributed by atoms with Gasteiger partial charge in [0.1, 0.15) is 12.4 Å². The van der Waals surface area contributed by atoms with Crippen LogP contribution in [-0.4, -0.2) is 19.1 Å². The van der Waals surface area contributed by atoms with E-state index in [-0.39, 0.29) is 11.8 Å². The molecular formula is C13H18FNO2. The zero-order valence-electron chi connectivity index (χ0n) is 10.0. The zero-order chi connectivity index (χ0) is 12.5. The van der Waals surface area contributed by atoms with Gasteiger partial charge in [-0.3, -0.25) is 4.79 Å². The van der Waals surface area contributed by atoms with E-state index in [1.54, 1.807) is 18.2 Å². The first kappa shape index (κ1) is 13.6. The number of benzene rings is 1. The van der Waals surface area contributed by atoms with E-state index in [1.165, 1.54) is 6.07 Å². The third-order valence-corrected chi connectivity index (χ3v) is 2.27. The Balaban J connectivity index is 2.13. The van der Waals surface area contributed by atoms with Crippen LogP contribution in [0.15, 0.2) is 24.3 Å². The predicted molar refractivity (Wildman–Crippen MR) is 64.0 cm³/mol. The average Bonchev–Trinajstić information content (AvgIpc) is 2.31. The molecule has 94 valence electrons. The van der Waals surface area contributed by atoms with Gasteiger partial charge in [-0.15, -0.1) is 0 Å². The minimum atomic E-state index is -0.219. The highest BCUT2D eigenvalue weighted by Gasteiger charge is 2.01. The van der Waals surface area contributed by atoms with E-state index < -0.39 is 0 Å². The van der Waals surface area contributed by atoms with Gasteiger partial charge in [0.25, 0.3) is 0 Å². The Morgan fingerprint density at radius 3 is 2.88 bits per heavy atom. The monoisotopic (exact) mass is 239 g/mol. The van der Waals surface area contributed by atoms with Crippen LogP contribution in [-0.2, 0) is 16.1 Å². The Hall–Kier alpha value is -1.42. The van der Waals surface area contributed by atoms with E-state index in [9.17, 15) is 9.18 Å². The molecule has 3 nitrogen and oxygen atoms in total. The lowest BCUT2D eigenvalue weighted by Gasteiger charge is -2.06. The van der Waals surface area contributed by atoms with E-state index in [2.05, 4.69) is 5.32 Å². The van der Waals surface area contributed by atoms with E-state index in [4.69, 9.17) is 4.74 Å². The van der Waals surface area contributed by atoms with Gasteiger partial charge in [0.05, 0.1) is 0 Å². The predicted octanol–water partition coefficient (Wildman–Crippen LogP) is 2.26. The third kappa shape index (κ3) is 5.45. The van der Waals surface area contributed by atoms with Crippen LogP contribution in [0.1, 0.15) is 25.3 Å². The second-order valence-corrected chi connectivity index (χ2v) is 3.74. The molecule has 0 fully saturated rings. The molecule has 0 aliphatic rings. The molecule has 0 aliphatic heterocycles. The first-order valence-corrected chi connectivity index (χ1v) is 5.83. The summed E-state index contributed by atoms with van der Waals surface area (Å²) < 4.78 is 18.2. The molecule has 0 aliphatic carbocycles. The van der Waals surface area contributed by atoms with Gasteiger partial charge in [-0.1, -0.05) is 25.1 Å². The minimum absolute atomic E-state index is 0.180. The lowest BCUT2D eigenvalue weighted by atomic mass is 10.2. The molecular weight excluding hydrogens is 221 g/mol. The number of carbonyl (C=O) groups excluding carboxylic acids is 1. The molecule has 17 heavy (non-hydrogen) atoms. The topological polar surface area (TPSA) is 38.3 Å². The van der Waals surface area contributed by atoms with Crippen LogP contribution in [0.4, 0.5) is 4.39 Å². The molecule has 0 unspecified atom stereocenters. The summed E-state index contributed by atoms with van der Waals surface area (Å²) in [6.07, 6.45) is 1.24. The van der Waals surface area contributed by atoms with Crippen LogP contribution >= 0.6 is 0 Å². The maximum absolute atomic E-state index is 13.2. The summed E-state index contributed by atoms with van der Waals surface area (Å²) in [6.45, 7) is 3.23. The maximum Gasteiger partial charge on any atom is 0.305 e. The molecule has 0 saturated heterocycles. The number of halogens is 1. The smallest absolute Gasteiger partial charge is 0.305 e.